The SMILES string of the molecule is C=CCOC(=O)N1CC=C(C(=O)CCl)C[C@H]1COCOC. The molecule has 1 rings (SSSR count). The number of carbonyl (C=O) groups excluding carboxylic acids is 2. The number of ether oxygens (including phenoxy) is 3. The number of alkyl halides is 1. The second-order valence-electron chi connectivity index (χ2n) is 4.44. The van der Waals surface area contributed by atoms with E-state index in [0.29, 0.717) is 12.0 Å². The van der Waals surface area contributed by atoms with Crippen molar-refractivity contribution in [1.29, 1.82) is 0 Å². The van der Waals surface area contributed by atoms with E-state index >= 15 is 0 Å². The highest BCUT2D eigenvalue weighted by Gasteiger charge is 2.30. The van der Waals surface area contributed by atoms with Gasteiger partial charge in [-0.1, -0.05) is 18.7 Å². The van der Waals surface area contributed by atoms with Crippen molar-refractivity contribution in [2.24, 2.45) is 0 Å². The molecule has 0 aromatic carbocycles. The Morgan fingerprint density at radius 3 is 2.95 bits per heavy atom. The molecule has 0 N–H and O–H groups in total. The minimum absolute atomic E-state index is 0.0710. The average Bonchev–Trinajstić information content (AvgIpc) is 2.51. The molecule has 1 amide bonds. The number of Topliss-reactive ketones (excluding diaryl/α,β-unsaturated/α-hetero) is 1. The molecule has 1 aliphatic rings. The Balaban J connectivity index is 2.73. The fourth-order valence-corrected chi connectivity index (χ4v) is 2.14. The topological polar surface area (TPSA) is 65.1 Å². The Morgan fingerprint density at radius 2 is 2.33 bits per heavy atom. The minimum Gasteiger partial charge on any atom is -0.445 e. The molecule has 0 radical (unpaired) electrons. The van der Waals surface area contributed by atoms with Gasteiger partial charge in [-0.05, 0) is 12.0 Å². The van der Waals surface area contributed by atoms with Crippen LogP contribution in [0.2, 0.25) is 0 Å². The Bertz CT molecular complexity index is 410. The van der Waals surface area contributed by atoms with E-state index in [0.717, 1.165) is 0 Å². The van der Waals surface area contributed by atoms with Crippen LogP contribution in [0.25, 0.3) is 0 Å². The molecule has 6 nitrogen and oxygen atoms in total. The standard InChI is InChI=1S/C14H20ClNO5/c1-3-6-21-14(18)16-5-4-11(13(17)8-15)7-12(16)9-20-10-19-2/h3-4,12H,1,5-10H2,2H3/t12-/m0/s1. The number of amides is 1. The van der Waals surface area contributed by atoms with Crippen molar-refractivity contribution in [3.63, 3.8) is 0 Å². The van der Waals surface area contributed by atoms with E-state index in [1.807, 2.05) is 0 Å². The Kier molecular flexibility index (Phi) is 8.04. The van der Waals surface area contributed by atoms with E-state index in [9.17, 15) is 9.59 Å². The lowest BCUT2D eigenvalue weighted by molar-refractivity contribution is -0.114. The van der Waals surface area contributed by atoms with Crippen molar-refractivity contribution in [2.45, 2.75) is 12.5 Å². The molecule has 21 heavy (non-hydrogen) atoms. The third-order valence-electron chi connectivity index (χ3n) is 2.98. The predicted molar refractivity (Wildman–Crippen MR) is 78.3 cm³/mol. The third kappa shape index (κ3) is 5.49. The van der Waals surface area contributed by atoms with Crippen LogP contribution in [0, 0.1) is 0 Å². The summed E-state index contributed by atoms with van der Waals surface area (Å²) in [7, 11) is 1.51. The van der Waals surface area contributed by atoms with Crippen molar-refractivity contribution in [3.05, 3.63) is 24.3 Å². The molecule has 7 heteroatoms. The molecule has 118 valence electrons. The normalized spacial score (nSPS) is 18.1. The lowest BCUT2D eigenvalue weighted by Crippen LogP contribution is -2.46. The molecule has 1 heterocycles. The minimum atomic E-state index is -0.463. The summed E-state index contributed by atoms with van der Waals surface area (Å²) in [5.74, 6) is -0.203. The van der Waals surface area contributed by atoms with Crippen molar-refractivity contribution >= 4 is 23.5 Å². The van der Waals surface area contributed by atoms with Gasteiger partial charge >= 0.3 is 6.09 Å². The van der Waals surface area contributed by atoms with Gasteiger partial charge in [-0.15, -0.1) is 11.6 Å². The number of nitrogens with zero attached hydrogens (tertiary/aromatic N) is 1. The smallest absolute Gasteiger partial charge is 0.410 e. The van der Waals surface area contributed by atoms with Gasteiger partial charge in [0.25, 0.3) is 0 Å². The monoisotopic (exact) mass is 317 g/mol. The molecular formula is C14H20ClNO5. The fraction of sp³-hybridized carbons (Fsp3) is 0.571. The number of halogens is 1. The number of methoxy groups -OCH3 is 1. The first-order valence-electron chi connectivity index (χ1n) is 6.53. The van der Waals surface area contributed by atoms with Gasteiger partial charge in [0.15, 0.2) is 5.78 Å². The number of rotatable bonds is 8. The van der Waals surface area contributed by atoms with Crippen LogP contribution < -0.4 is 0 Å². The first-order chi connectivity index (χ1) is 10.1. The summed E-state index contributed by atoms with van der Waals surface area (Å²) in [4.78, 5) is 25.2. The number of carbonyl (C=O) groups is 2. The van der Waals surface area contributed by atoms with Crippen LogP contribution >= 0.6 is 11.6 Å². The second-order valence-corrected chi connectivity index (χ2v) is 4.71. The van der Waals surface area contributed by atoms with Crippen molar-refractivity contribution in [2.75, 3.05) is 39.5 Å². The van der Waals surface area contributed by atoms with E-state index in [1.54, 1.807) is 6.08 Å². The summed E-state index contributed by atoms with van der Waals surface area (Å²) >= 11 is 5.57. The van der Waals surface area contributed by atoms with Crippen LogP contribution in [0.15, 0.2) is 24.3 Å². The number of hydrogen-bond acceptors (Lipinski definition) is 5. The zero-order chi connectivity index (χ0) is 15.7. The van der Waals surface area contributed by atoms with E-state index in [-0.39, 0.29) is 44.3 Å². The summed E-state index contributed by atoms with van der Waals surface area (Å²) < 4.78 is 15.2. The van der Waals surface area contributed by atoms with Gasteiger partial charge in [-0.2, -0.15) is 0 Å². The maximum Gasteiger partial charge on any atom is 0.410 e. The van der Waals surface area contributed by atoms with Gasteiger partial charge in [0.1, 0.15) is 13.4 Å². The van der Waals surface area contributed by atoms with Crippen LogP contribution in [0.3, 0.4) is 0 Å². The highest BCUT2D eigenvalue weighted by molar-refractivity contribution is 6.30. The Hall–Kier alpha value is -1.37. The van der Waals surface area contributed by atoms with Crippen molar-refractivity contribution < 1.29 is 23.8 Å². The van der Waals surface area contributed by atoms with Gasteiger partial charge in [0, 0.05) is 13.7 Å². The van der Waals surface area contributed by atoms with Crippen LogP contribution in [-0.2, 0) is 19.0 Å². The summed E-state index contributed by atoms with van der Waals surface area (Å²) in [6.07, 6.45) is 3.12. The van der Waals surface area contributed by atoms with Crippen LogP contribution in [0.4, 0.5) is 4.79 Å². The van der Waals surface area contributed by atoms with Gasteiger partial charge in [0.2, 0.25) is 0 Å². The van der Waals surface area contributed by atoms with Gasteiger partial charge in [-0.25, -0.2) is 4.79 Å². The predicted octanol–water partition coefficient (Wildman–Crippen LogP) is 1.74. The maximum atomic E-state index is 12.0. The van der Waals surface area contributed by atoms with E-state index in [2.05, 4.69) is 6.58 Å². The maximum absolute atomic E-state index is 12.0. The Morgan fingerprint density at radius 1 is 1.57 bits per heavy atom. The average molecular weight is 318 g/mol. The number of hydrogen-bond donors (Lipinski definition) is 0. The molecule has 1 atom stereocenters. The Labute approximate surface area is 129 Å². The highest BCUT2D eigenvalue weighted by Crippen LogP contribution is 2.20. The molecule has 0 aliphatic carbocycles. The van der Waals surface area contributed by atoms with Gasteiger partial charge < -0.3 is 14.2 Å². The molecule has 0 aromatic rings. The molecule has 0 saturated carbocycles. The molecule has 0 saturated heterocycles. The molecular weight excluding hydrogens is 298 g/mol. The lowest BCUT2D eigenvalue weighted by atomic mass is 9.98. The van der Waals surface area contributed by atoms with E-state index in [4.69, 9.17) is 25.8 Å². The largest absolute Gasteiger partial charge is 0.445 e. The van der Waals surface area contributed by atoms with Crippen LogP contribution in [-0.4, -0.2) is 62.4 Å². The first-order valence-corrected chi connectivity index (χ1v) is 7.06. The van der Waals surface area contributed by atoms with Crippen molar-refractivity contribution in [1.82, 2.24) is 4.90 Å². The second kappa shape index (κ2) is 9.55. The van der Waals surface area contributed by atoms with Crippen molar-refractivity contribution in [3.8, 4) is 0 Å². The number of ketones is 1. The third-order valence-corrected chi connectivity index (χ3v) is 3.22. The molecule has 0 fully saturated rings. The quantitative estimate of drug-likeness (QED) is 0.295. The van der Waals surface area contributed by atoms with Crippen LogP contribution in [0.1, 0.15) is 6.42 Å². The van der Waals surface area contributed by atoms with Crippen LogP contribution in [0.5, 0.6) is 0 Å². The zero-order valence-electron chi connectivity index (χ0n) is 12.0. The summed E-state index contributed by atoms with van der Waals surface area (Å²) in [6, 6.07) is -0.287. The van der Waals surface area contributed by atoms with Gasteiger partial charge in [-0.3, -0.25) is 9.69 Å². The lowest BCUT2D eigenvalue weighted by Gasteiger charge is -2.33. The highest BCUT2D eigenvalue weighted by atomic mass is 35.5. The molecule has 1 aliphatic heterocycles. The van der Waals surface area contributed by atoms with Gasteiger partial charge in [0.05, 0.1) is 18.5 Å². The first kappa shape index (κ1) is 17.7. The summed E-state index contributed by atoms with van der Waals surface area (Å²) in [5, 5.41) is 0. The molecule has 0 spiro atoms. The zero-order valence-corrected chi connectivity index (χ0v) is 12.8. The molecule has 0 aromatic heterocycles. The summed E-state index contributed by atoms with van der Waals surface area (Å²) in [5.41, 5.74) is 0.615. The molecule has 0 unspecified atom stereocenters. The van der Waals surface area contributed by atoms with E-state index < -0.39 is 6.09 Å². The summed E-state index contributed by atoms with van der Waals surface area (Å²) in [6.45, 7) is 4.29. The fourth-order valence-electron chi connectivity index (χ4n) is 1.97. The van der Waals surface area contributed by atoms with E-state index in [1.165, 1.54) is 18.1 Å². The molecule has 0 bridgehead atoms.